The lowest BCUT2D eigenvalue weighted by Gasteiger charge is -2.25. The van der Waals surface area contributed by atoms with E-state index in [-0.39, 0.29) is 22.9 Å². The van der Waals surface area contributed by atoms with Crippen LogP contribution in [0.15, 0.2) is 48.9 Å². The Morgan fingerprint density at radius 2 is 1.83 bits per heavy atom. The largest absolute Gasteiger partial charge is 0.443 e. The van der Waals surface area contributed by atoms with Crippen LogP contribution in [0.5, 0.6) is 0 Å². The van der Waals surface area contributed by atoms with Crippen molar-refractivity contribution in [1.29, 1.82) is 0 Å². The van der Waals surface area contributed by atoms with Gasteiger partial charge in [0.05, 0.1) is 23.3 Å². The van der Waals surface area contributed by atoms with Crippen LogP contribution in [-0.2, 0) is 10.9 Å². The third-order valence-electron chi connectivity index (χ3n) is 5.70. The molecule has 1 aliphatic rings. The van der Waals surface area contributed by atoms with Gasteiger partial charge in [-0.3, -0.25) is 9.69 Å². The highest BCUT2D eigenvalue weighted by Crippen LogP contribution is 2.38. The monoisotopic (exact) mass is 500 g/mol. The van der Waals surface area contributed by atoms with Crippen LogP contribution in [0.4, 0.5) is 29.3 Å². The fraction of sp³-hybridized carbons (Fsp3) is 0.346. The summed E-state index contributed by atoms with van der Waals surface area (Å²) in [6, 6.07) is 8.23. The molecule has 1 unspecified atom stereocenters. The summed E-state index contributed by atoms with van der Waals surface area (Å²) in [6.45, 7) is 9.39. The molecule has 2 amide bonds. The zero-order valence-electron chi connectivity index (χ0n) is 20.6. The minimum atomic E-state index is -4.61. The Labute approximate surface area is 206 Å². The van der Waals surface area contributed by atoms with Gasteiger partial charge in [0.2, 0.25) is 0 Å². The first-order valence-corrected chi connectivity index (χ1v) is 11.4. The number of nitrogens with one attached hydrogen (secondary N) is 1. The van der Waals surface area contributed by atoms with E-state index in [0.29, 0.717) is 17.9 Å². The zero-order valence-corrected chi connectivity index (χ0v) is 20.6. The number of alkyl halides is 3. The summed E-state index contributed by atoms with van der Waals surface area (Å²) < 4.78 is 47.6. The van der Waals surface area contributed by atoms with Crippen molar-refractivity contribution in [2.24, 2.45) is 0 Å². The molecule has 10 heteroatoms. The maximum atomic E-state index is 13.6. The van der Waals surface area contributed by atoms with Crippen molar-refractivity contribution in [3.8, 4) is 5.69 Å². The zero-order chi connectivity index (χ0) is 26.4. The molecule has 1 N–H and O–H groups in total. The molecule has 0 saturated heterocycles. The molecule has 2 aromatic carbocycles. The lowest BCUT2D eigenvalue weighted by molar-refractivity contribution is -0.137. The van der Waals surface area contributed by atoms with E-state index in [4.69, 9.17) is 4.74 Å². The quantitative estimate of drug-likeness (QED) is 0.457. The van der Waals surface area contributed by atoms with Gasteiger partial charge in [0.25, 0.3) is 5.91 Å². The van der Waals surface area contributed by atoms with Crippen molar-refractivity contribution >= 4 is 23.4 Å². The van der Waals surface area contributed by atoms with E-state index in [9.17, 15) is 22.8 Å². The predicted molar refractivity (Wildman–Crippen MR) is 130 cm³/mol. The summed E-state index contributed by atoms with van der Waals surface area (Å²) in [7, 11) is 0. The highest BCUT2D eigenvalue weighted by Gasteiger charge is 2.34. The average molecular weight is 501 g/mol. The Hall–Kier alpha value is -3.82. The molecule has 7 nitrogen and oxygen atoms in total. The van der Waals surface area contributed by atoms with Crippen LogP contribution in [0.2, 0.25) is 0 Å². The van der Waals surface area contributed by atoms with Crippen LogP contribution in [0.25, 0.3) is 5.69 Å². The van der Waals surface area contributed by atoms with Crippen molar-refractivity contribution in [2.45, 2.75) is 52.3 Å². The summed E-state index contributed by atoms with van der Waals surface area (Å²) in [5.41, 5.74) is 0.868. The van der Waals surface area contributed by atoms with Crippen molar-refractivity contribution < 1.29 is 27.5 Å². The second-order valence-electron chi connectivity index (χ2n) is 9.91. The van der Waals surface area contributed by atoms with Gasteiger partial charge in [-0.25, -0.2) is 9.78 Å². The Morgan fingerprint density at radius 3 is 2.44 bits per heavy atom. The van der Waals surface area contributed by atoms with Crippen molar-refractivity contribution in [2.75, 3.05) is 16.8 Å². The first-order chi connectivity index (χ1) is 16.7. The molecule has 0 radical (unpaired) electrons. The SMILES string of the molecule is Cc1cn(-c2cc(NC(=O)c3ccc4c(c3)N(C(=O)OC(C)(C)C)CC4C)cc(C(F)(F)F)c2)cn1. The highest BCUT2D eigenvalue weighted by atomic mass is 19.4. The molecule has 3 aromatic rings. The summed E-state index contributed by atoms with van der Waals surface area (Å²) in [6.07, 6.45) is -2.14. The van der Waals surface area contributed by atoms with E-state index in [2.05, 4.69) is 10.3 Å². The third kappa shape index (κ3) is 5.37. The van der Waals surface area contributed by atoms with Gasteiger partial charge in [-0.05, 0) is 63.6 Å². The molecule has 0 saturated carbocycles. The first-order valence-electron chi connectivity index (χ1n) is 11.4. The minimum absolute atomic E-state index is 0.0194. The van der Waals surface area contributed by atoms with E-state index in [1.807, 2.05) is 6.92 Å². The van der Waals surface area contributed by atoms with Gasteiger partial charge in [-0.2, -0.15) is 13.2 Å². The smallest absolute Gasteiger partial charge is 0.416 e. The molecular weight excluding hydrogens is 473 g/mol. The second-order valence-corrected chi connectivity index (χ2v) is 9.91. The van der Waals surface area contributed by atoms with E-state index in [0.717, 1.165) is 17.7 Å². The number of hydrogen-bond donors (Lipinski definition) is 1. The normalized spacial score (nSPS) is 15.6. The number of rotatable bonds is 3. The number of halogens is 3. The van der Waals surface area contributed by atoms with Gasteiger partial charge < -0.3 is 14.6 Å². The average Bonchev–Trinajstić information content (AvgIpc) is 3.35. The van der Waals surface area contributed by atoms with Crippen LogP contribution < -0.4 is 10.2 Å². The maximum Gasteiger partial charge on any atom is 0.416 e. The number of nitrogens with zero attached hydrogens (tertiary/aromatic N) is 3. The van der Waals surface area contributed by atoms with E-state index in [1.165, 1.54) is 21.9 Å². The topological polar surface area (TPSA) is 76.5 Å². The molecule has 36 heavy (non-hydrogen) atoms. The van der Waals surface area contributed by atoms with Gasteiger partial charge >= 0.3 is 12.3 Å². The molecular formula is C26H27F3N4O3. The van der Waals surface area contributed by atoms with Gasteiger partial charge in [0.1, 0.15) is 5.60 Å². The van der Waals surface area contributed by atoms with Gasteiger partial charge in [0, 0.05) is 35.6 Å². The minimum Gasteiger partial charge on any atom is -0.443 e. The number of imidazole rings is 1. The number of fused-ring (bicyclic) bond motifs is 1. The molecule has 2 heterocycles. The maximum absolute atomic E-state index is 13.6. The number of benzene rings is 2. The second kappa shape index (κ2) is 9.00. The fourth-order valence-electron chi connectivity index (χ4n) is 4.06. The van der Waals surface area contributed by atoms with Crippen LogP contribution in [0.3, 0.4) is 0 Å². The lowest BCUT2D eigenvalue weighted by Crippen LogP contribution is -2.36. The van der Waals surface area contributed by atoms with Crippen LogP contribution >= 0.6 is 0 Å². The number of carbonyl (C=O) groups excluding carboxylic acids is 2. The summed E-state index contributed by atoms with van der Waals surface area (Å²) in [4.78, 5) is 31.3. The summed E-state index contributed by atoms with van der Waals surface area (Å²) in [5.74, 6) is -0.567. The lowest BCUT2D eigenvalue weighted by atomic mass is 10.0. The summed E-state index contributed by atoms with van der Waals surface area (Å²) >= 11 is 0. The Balaban J connectivity index is 1.64. The van der Waals surface area contributed by atoms with E-state index in [1.54, 1.807) is 52.1 Å². The number of aryl methyl sites for hydroxylation is 1. The fourth-order valence-corrected chi connectivity index (χ4v) is 4.06. The molecule has 1 aromatic heterocycles. The predicted octanol–water partition coefficient (Wildman–Crippen LogP) is 6.31. The molecule has 0 fully saturated rings. The van der Waals surface area contributed by atoms with E-state index < -0.39 is 29.3 Å². The third-order valence-corrected chi connectivity index (χ3v) is 5.70. The molecule has 0 bridgehead atoms. The molecule has 0 aliphatic carbocycles. The number of aromatic nitrogens is 2. The highest BCUT2D eigenvalue weighted by molar-refractivity contribution is 6.06. The molecule has 0 spiro atoms. The van der Waals surface area contributed by atoms with Gasteiger partial charge in [-0.15, -0.1) is 0 Å². The van der Waals surface area contributed by atoms with Crippen molar-refractivity contribution in [3.63, 3.8) is 0 Å². The van der Waals surface area contributed by atoms with Crippen LogP contribution in [0, 0.1) is 6.92 Å². The van der Waals surface area contributed by atoms with Gasteiger partial charge in [0.15, 0.2) is 0 Å². The number of hydrogen-bond acceptors (Lipinski definition) is 4. The molecule has 1 atom stereocenters. The number of carbonyl (C=O) groups is 2. The standard InChI is InChI=1S/C26H27F3N4O3/c1-15-12-33(24(35)36-25(3,4)5)22-8-17(6-7-21(15)22)23(34)31-19-9-18(26(27,28)29)10-20(11-19)32-13-16(2)30-14-32/h6-11,13-15H,12H2,1-5H3,(H,31,34). The Bertz CT molecular complexity index is 1320. The van der Waals surface area contributed by atoms with Crippen LogP contribution in [0.1, 0.15) is 60.8 Å². The number of amides is 2. The summed E-state index contributed by atoms with van der Waals surface area (Å²) in [5, 5.41) is 2.56. The van der Waals surface area contributed by atoms with Crippen LogP contribution in [-0.4, -0.2) is 33.7 Å². The first kappa shape index (κ1) is 25.3. The Morgan fingerprint density at radius 1 is 1.11 bits per heavy atom. The molecule has 1 aliphatic heterocycles. The van der Waals surface area contributed by atoms with E-state index >= 15 is 0 Å². The number of ether oxygens (including phenoxy) is 1. The Kier molecular flexibility index (Phi) is 6.32. The van der Waals surface area contributed by atoms with Gasteiger partial charge in [-0.1, -0.05) is 13.0 Å². The molecule has 190 valence electrons. The number of anilines is 2. The van der Waals surface area contributed by atoms with Crippen molar-refractivity contribution in [3.05, 3.63) is 71.3 Å². The molecule has 4 rings (SSSR count). The van der Waals surface area contributed by atoms with Crippen molar-refractivity contribution in [1.82, 2.24) is 9.55 Å².